The van der Waals surface area contributed by atoms with Gasteiger partial charge in [-0.2, -0.15) is 0 Å². The summed E-state index contributed by atoms with van der Waals surface area (Å²) >= 11 is 0. The molecular weight excluding hydrogens is 198 g/mol. The Kier molecular flexibility index (Phi) is 4.26. The van der Waals surface area contributed by atoms with Crippen molar-refractivity contribution in [2.75, 3.05) is 19.7 Å². The number of hydrogen-bond donors (Lipinski definition) is 2. The Morgan fingerprint density at radius 3 is 2.75 bits per heavy atom. The molecule has 16 heavy (non-hydrogen) atoms. The Morgan fingerprint density at radius 2 is 2.12 bits per heavy atom. The highest BCUT2D eigenvalue weighted by atomic mass is 16.3. The van der Waals surface area contributed by atoms with Crippen molar-refractivity contribution in [3.63, 3.8) is 0 Å². The Hall–Kier alpha value is -0.0800. The van der Waals surface area contributed by atoms with Crippen LogP contribution in [0.1, 0.15) is 51.9 Å². The highest BCUT2D eigenvalue weighted by Crippen LogP contribution is 2.47. The van der Waals surface area contributed by atoms with E-state index in [4.69, 9.17) is 5.11 Å². The van der Waals surface area contributed by atoms with Gasteiger partial charge >= 0.3 is 0 Å². The van der Waals surface area contributed by atoms with E-state index in [2.05, 4.69) is 12.2 Å². The Bertz CT molecular complexity index is 213. The van der Waals surface area contributed by atoms with Gasteiger partial charge < -0.3 is 10.4 Å². The van der Waals surface area contributed by atoms with Gasteiger partial charge in [0.15, 0.2) is 0 Å². The molecule has 2 N–H and O–H groups in total. The lowest BCUT2D eigenvalue weighted by atomic mass is 9.82. The molecule has 0 aliphatic heterocycles. The summed E-state index contributed by atoms with van der Waals surface area (Å²) in [6.45, 7) is 5.10. The third-order valence-corrected chi connectivity index (χ3v) is 4.58. The molecule has 0 saturated heterocycles. The topological polar surface area (TPSA) is 32.3 Å². The molecule has 2 saturated carbocycles. The van der Waals surface area contributed by atoms with Crippen molar-refractivity contribution < 1.29 is 5.11 Å². The van der Waals surface area contributed by atoms with Crippen molar-refractivity contribution in [2.45, 2.75) is 51.9 Å². The Balaban J connectivity index is 1.60. The van der Waals surface area contributed by atoms with Crippen LogP contribution in [0.15, 0.2) is 0 Å². The van der Waals surface area contributed by atoms with Crippen LogP contribution in [0, 0.1) is 17.3 Å². The van der Waals surface area contributed by atoms with Crippen molar-refractivity contribution >= 4 is 0 Å². The van der Waals surface area contributed by atoms with Gasteiger partial charge in [0.1, 0.15) is 0 Å². The van der Waals surface area contributed by atoms with E-state index in [1.165, 1.54) is 45.1 Å². The van der Waals surface area contributed by atoms with Gasteiger partial charge in [0.05, 0.1) is 0 Å². The second-order valence-electron chi connectivity index (χ2n) is 6.24. The van der Waals surface area contributed by atoms with E-state index in [0.717, 1.165) is 24.8 Å². The Morgan fingerprint density at radius 1 is 1.31 bits per heavy atom. The predicted molar refractivity (Wildman–Crippen MR) is 67.4 cm³/mol. The van der Waals surface area contributed by atoms with Crippen LogP contribution in [0.25, 0.3) is 0 Å². The lowest BCUT2D eigenvalue weighted by molar-refractivity contribution is 0.235. The number of nitrogens with one attached hydrogen (secondary N) is 1. The molecule has 0 heterocycles. The normalized spacial score (nSPS) is 32.6. The summed E-state index contributed by atoms with van der Waals surface area (Å²) in [4.78, 5) is 0. The molecule has 0 aromatic carbocycles. The van der Waals surface area contributed by atoms with Gasteiger partial charge in [0, 0.05) is 13.2 Å². The van der Waals surface area contributed by atoms with Crippen molar-refractivity contribution in [1.82, 2.24) is 5.32 Å². The molecule has 0 bridgehead atoms. The maximum atomic E-state index is 9.00. The number of hydrogen-bond acceptors (Lipinski definition) is 2. The first-order valence-corrected chi connectivity index (χ1v) is 7.06. The SMILES string of the molecule is CC1CCCC(CNCC2(CCO)CC2)C1. The molecule has 0 aromatic heterocycles. The molecule has 0 aromatic rings. The van der Waals surface area contributed by atoms with Crippen molar-refractivity contribution in [3.05, 3.63) is 0 Å². The minimum atomic E-state index is 0.363. The van der Waals surface area contributed by atoms with Crippen LogP contribution in [0.4, 0.5) is 0 Å². The first-order valence-electron chi connectivity index (χ1n) is 7.06. The standard InChI is InChI=1S/C14H27NO/c1-12-3-2-4-13(9-12)10-15-11-14(5-6-14)7-8-16/h12-13,15-16H,2-11H2,1H3. The van der Waals surface area contributed by atoms with E-state index >= 15 is 0 Å². The highest BCUT2D eigenvalue weighted by Gasteiger charge is 2.41. The van der Waals surface area contributed by atoms with Crippen molar-refractivity contribution in [2.24, 2.45) is 17.3 Å². The van der Waals surface area contributed by atoms with E-state index in [1.807, 2.05) is 0 Å². The minimum absolute atomic E-state index is 0.363. The average molecular weight is 225 g/mol. The number of rotatable bonds is 6. The van der Waals surface area contributed by atoms with Crippen molar-refractivity contribution in [3.8, 4) is 0 Å². The van der Waals surface area contributed by atoms with Gasteiger partial charge in [0.25, 0.3) is 0 Å². The molecular formula is C14H27NO. The van der Waals surface area contributed by atoms with E-state index < -0.39 is 0 Å². The molecule has 2 atom stereocenters. The molecule has 2 rings (SSSR count). The fraction of sp³-hybridized carbons (Fsp3) is 1.00. The summed E-state index contributed by atoms with van der Waals surface area (Å²) in [5.74, 6) is 1.85. The monoisotopic (exact) mass is 225 g/mol. The molecule has 94 valence electrons. The van der Waals surface area contributed by atoms with E-state index in [1.54, 1.807) is 0 Å². The van der Waals surface area contributed by atoms with Crippen LogP contribution in [-0.2, 0) is 0 Å². The summed E-state index contributed by atoms with van der Waals surface area (Å²) in [5.41, 5.74) is 0.481. The lowest BCUT2D eigenvalue weighted by Crippen LogP contribution is -2.31. The smallest absolute Gasteiger partial charge is 0.0436 e. The molecule has 0 spiro atoms. The summed E-state index contributed by atoms with van der Waals surface area (Å²) in [5, 5.41) is 12.6. The second-order valence-corrected chi connectivity index (χ2v) is 6.24. The van der Waals surface area contributed by atoms with Crippen molar-refractivity contribution in [1.29, 1.82) is 0 Å². The van der Waals surface area contributed by atoms with Crippen LogP contribution >= 0.6 is 0 Å². The maximum Gasteiger partial charge on any atom is 0.0436 e. The molecule has 2 aliphatic rings. The van der Waals surface area contributed by atoms with Crippen LogP contribution in [0.2, 0.25) is 0 Å². The van der Waals surface area contributed by atoms with E-state index in [-0.39, 0.29) is 0 Å². The summed E-state index contributed by atoms with van der Waals surface area (Å²) in [6, 6.07) is 0. The molecule has 2 heteroatoms. The first kappa shape index (κ1) is 12.4. The third kappa shape index (κ3) is 3.46. The fourth-order valence-electron chi connectivity index (χ4n) is 3.22. The highest BCUT2D eigenvalue weighted by molar-refractivity contribution is 4.94. The first-order chi connectivity index (χ1) is 7.74. The fourth-order valence-corrected chi connectivity index (χ4v) is 3.22. The van der Waals surface area contributed by atoms with Gasteiger partial charge in [-0.15, -0.1) is 0 Å². The van der Waals surface area contributed by atoms with Gasteiger partial charge in [0.2, 0.25) is 0 Å². The zero-order valence-electron chi connectivity index (χ0n) is 10.7. The minimum Gasteiger partial charge on any atom is -0.396 e. The molecule has 2 fully saturated rings. The van der Waals surface area contributed by atoms with Crippen LogP contribution in [-0.4, -0.2) is 24.8 Å². The number of aliphatic hydroxyl groups excluding tert-OH is 1. The molecule has 2 unspecified atom stereocenters. The summed E-state index contributed by atoms with van der Waals surface area (Å²) in [7, 11) is 0. The third-order valence-electron chi connectivity index (χ3n) is 4.58. The zero-order valence-corrected chi connectivity index (χ0v) is 10.7. The lowest BCUT2D eigenvalue weighted by Gasteiger charge is -2.27. The number of aliphatic hydroxyl groups is 1. The molecule has 0 radical (unpaired) electrons. The predicted octanol–water partition coefficient (Wildman–Crippen LogP) is 2.56. The van der Waals surface area contributed by atoms with Gasteiger partial charge in [-0.3, -0.25) is 0 Å². The Labute approximate surface area is 99.8 Å². The molecule has 0 amide bonds. The van der Waals surface area contributed by atoms with Crippen LogP contribution in [0.5, 0.6) is 0 Å². The van der Waals surface area contributed by atoms with Crippen LogP contribution in [0.3, 0.4) is 0 Å². The van der Waals surface area contributed by atoms with Gasteiger partial charge in [-0.1, -0.05) is 19.8 Å². The molecule has 2 nitrogen and oxygen atoms in total. The van der Waals surface area contributed by atoms with E-state index in [9.17, 15) is 0 Å². The van der Waals surface area contributed by atoms with Gasteiger partial charge in [-0.25, -0.2) is 0 Å². The molecule has 2 aliphatic carbocycles. The largest absolute Gasteiger partial charge is 0.396 e. The maximum absolute atomic E-state index is 9.00. The van der Waals surface area contributed by atoms with Gasteiger partial charge in [-0.05, 0) is 55.9 Å². The second kappa shape index (κ2) is 5.50. The van der Waals surface area contributed by atoms with Crippen LogP contribution < -0.4 is 5.32 Å². The van der Waals surface area contributed by atoms with E-state index in [0.29, 0.717) is 12.0 Å². The quantitative estimate of drug-likeness (QED) is 0.728. The zero-order chi connectivity index (χ0) is 11.4. The summed E-state index contributed by atoms with van der Waals surface area (Å²) < 4.78 is 0. The summed E-state index contributed by atoms with van der Waals surface area (Å²) in [6.07, 6.45) is 9.34. The average Bonchev–Trinajstić information content (AvgIpc) is 2.99.